The van der Waals surface area contributed by atoms with Gasteiger partial charge in [0.1, 0.15) is 28.0 Å². The molecule has 1 aromatic carbocycles. The zero-order valence-electron chi connectivity index (χ0n) is 12.2. The summed E-state index contributed by atoms with van der Waals surface area (Å²) in [4.78, 5) is 16.6. The number of benzene rings is 1. The van der Waals surface area contributed by atoms with Crippen molar-refractivity contribution in [2.75, 3.05) is 13.7 Å². The highest BCUT2D eigenvalue weighted by molar-refractivity contribution is 7.13. The van der Waals surface area contributed by atoms with Gasteiger partial charge in [-0.15, -0.1) is 11.3 Å². The first-order valence-corrected chi connectivity index (χ1v) is 7.36. The largest absolute Gasteiger partial charge is 0.497 e. The normalized spacial score (nSPS) is 10.2. The van der Waals surface area contributed by atoms with Gasteiger partial charge in [0, 0.05) is 0 Å². The molecule has 112 valence electrons. The van der Waals surface area contributed by atoms with E-state index in [1.807, 2.05) is 24.3 Å². The molecular weight excluding hydrogens is 290 g/mol. The lowest BCUT2D eigenvalue weighted by molar-refractivity contribution is 0.0531. The van der Waals surface area contributed by atoms with Crippen molar-refractivity contribution in [3.05, 3.63) is 39.8 Å². The Bertz CT molecular complexity index is 607. The molecule has 21 heavy (non-hydrogen) atoms. The highest BCUT2D eigenvalue weighted by Crippen LogP contribution is 2.22. The molecule has 0 aliphatic rings. The second-order valence-corrected chi connectivity index (χ2v) is 5.29. The van der Waals surface area contributed by atoms with Gasteiger partial charge in [0.2, 0.25) is 0 Å². The summed E-state index contributed by atoms with van der Waals surface area (Å²) < 4.78 is 15.7. The predicted octanol–water partition coefficient (Wildman–Crippen LogP) is 3.22. The summed E-state index contributed by atoms with van der Waals surface area (Å²) in [6.07, 6.45) is 0. The molecule has 0 aliphatic heterocycles. The Balaban J connectivity index is 1.99. The monoisotopic (exact) mass is 307 g/mol. The second kappa shape index (κ2) is 7.08. The average Bonchev–Trinajstić information content (AvgIpc) is 2.87. The summed E-state index contributed by atoms with van der Waals surface area (Å²) in [6.45, 7) is 4.24. The summed E-state index contributed by atoms with van der Waals surface area (Å²) in [5, 5.41) is 0.742. The number of hydrogen-bond donors (Lipinski definition) is 0. The highest BCUT2D eigenvalue weighted by atomic mass is 32.1. The predicted molar refractivity (Wildman–Crippen MR) is 80.1 cm³/mol. The SMILES string of the molecule is CCOC(=O)c1sc(COc2ccc(OC)cc2)nc1C. The number of nitrogens with zero attached hydrogens (tertiary/aromatic N) is 1. The van der Waals surface area contributed by atoms with Crippen LogP contribution in [-0.4, -0.2) is 24.7 Å². The topological polar surface area (TPSA) is 57.7 Å². The van der Waals surface area contributed by atoms with Gasteiger partial charge in [-0.1, -0.05) is 0 Å². The van der Waals surface area contributed by atoms with Crippen LogP contribution in [0.1, 0.15) is 27.3 Å². The van der Waals surface area contributed by atoms with Gasteiger partial charge in [0.15, 0.2) is 0 Å². The number of methoxy groups -OCH3 is 1. The zero-order chi connectivity index (χ0) is 15.2. The van der Waals surface area contributed by atoms with E-state index in [-0.39, 0.29) is 5.97 Å². The molecule has 2 aromatic rings. The molecule has 6 heteroatoms. The molecule has 1 heterocycles. The number of esters is 1. The number of rotatable bonds is 6. The highest BCUT2D eigenvalue weighted by Gasteiger charge is 2.16. The van der Waals surface area contributed by atoms with Gasteiger partial charge in [-0.25, -0.2) is 9.78 Å². The van der Waals surface area contributed by atoms with Crippen LogP contribution >= 0.6 is 11.3 Å². The van der Waals surface area contributed by atoms with Crippen LogP contribution in [0, 0.1) is 6.92 Å². The molecule has 0 bridgehead atoms. The van der Waals surface area contributed by atoms with E-state index in [0.717, 1.165) is 16.5 Å². The number of aromatic nitrogens is 1. The molecule has 0 fully saturated rings. The fraction of sp³-hybridized carbons (Fsp3) is 0.333. The lowest BCUT2D eigenvalue weighted by atomic mass is 10.3. The van der Waals surface area contributed by atoms with E-state index in [0.29, 0.717) is 23.8 Å². The number of thiazole rings is 1. The van der Waals surface area contributed by atoms with E-state index >= 15 is 0 Å². The molecule has 0 saturated heterocycles. The van der Waals surface area contributed by atoms with E-state index in [9.17, 15) is 4.79 Å². The standard InChI is InChI=1S/C15H17NO4S/c1-4-19-15(17)14-10(2)16-13(21-14)9-20-12-7-5-11(18-3)6-8-12/h5-8H,4,9H2,1-3H3. The van der Waals surface area contributed by atoms with E-state index < -0.39 is 0 Å². The third-order valence-electron chi connectivity index (χ3n) is 2.72. The first-order valence-electron chi connectivity index (χ1n) is 6.54. The third kappa shape index (κ3) is 3.95. The van der Waals surface area contributed by atoms with Crippen LogP contribution in [0.4, 0.5) is 0 Å². The summed E-state index contributed by atoms with van der Waals surface area (Å²) >= 11 is 1.30. The Morgan fingerprint density at radius 3 is 2.52 bits per heavy atom. The number of carbonyl (C=O) groups is 1. The van der Waals surface area contributed by atoms with Gasteiger partial charge in [-0.05, 0) is 38.1 Å². The van der Waals surface area contributed by atoms with Gasteiger partial charge in [0.25, 0.3) is 0 Å². The molecule has 0 saturated carbocycles. The third-order valence-corrected chi connectivity index (χ3v) is 3.83. The molecule has 5 nitrogen and oxygen atoms in total. The van der Waals surface area contributed by atoms with Gasteiger partial charge in [-0.2, -0.15) is 0 Å². The molecule has 0 atom stereocenters. The maximum atomic E-state index is 11.7. The minimum atomic E-state index is -0.330. The maximum absolute atomic E-state index is 11.7. The summed E-state index contributed by atoms with van der Waals surface area (Å²) in [6, 6.07) is 7.30. The summed E-state index contributed by atoms with van der Waals surface area (Å²) in [5.41, 5.74) is 0.673. The van der Waals surface area contributed by atoms with Crippen molar-refractivity contribution in [1.29, 1.82) is 0 Å². The van der Waals surface area contributed by atoms with Crippen LogP contribution in [0.5, 0.6) is 11.5 Å². The molecule has 0 unspecified atom stereocenters. The van der Waals surface area contributed by atoms with Crippen molar-refractivity contribution in [3.63, 3.8) is 0 Å². The minimum Gasteiger partial charge on any atom is -0.497 e. The fourth-order valence-corrected chi connectivity index (χ4v) is 2.59. The lowest BCUT2D eigenvalue weighted by Gasteiger charge is -2.04. The van der Waals surface area contributed by atoms with Gasteiger partial charge in [-0.3, -0.25) is 0 Å². The number of ether oxygens (including phenoxy) is 3. The first kappa shape index (κ1) is 15.3. The van der Waals surface area contributed by atoms with Crippen LogP contribution < -0.4 is 9.47 Å². The van der Waals surface area contributed by atoms with Gasteiger partial charge >= 0.3 is 5.97 Å². The molecule has 0 N–H and O–H groups in total. The van der Waals surface area contributed by atoms with Crippen LogP contribution in [0.15, 0.2) is 24.3 Å². The van der Waals surface area contributed by atoms with Gasteiger partial charge < -0.3 is 14.2 Å². The van der Waals surface area contributed by atoms with Crippen molar-refractivity contribution in [1.82, 2.24) is 4.98 Å². The van der Waals surface area contributed by atoms with E-state index in [1.54, 1.807) is 21.0 Å². The fourth-order valence-electron chi connectivity index (χ4n) is 1.72. The van der Waals surface area contributed by atoms with Gasteiger partial charge in [0.05, 0.1) is 19.4 Å². The van der Waals surface area contributed by atoms with Crippen LogP contribution in [0.2, 0.25) is 0 Å². The van der Waals surface area contributed by atoms with Crippen LogP contribution in [-0.2, 0) is 11.3 Å². The van der Waals surface area contributed by atoms with Crippen LogP contribution in [0.25, 0.3) is 0 Å². The Hall–Kier alpha value is -2.08. The second-order valence-electron chi connectivity index (χ2n) is 4.21. The molecular formula is C15H17NO4S. The zero-order valence-corrected chi connectivity index (χ0v) is 13.0. The maximum Gasteiger partial charge on any atom is 0.350 e. The van der Waals surface area contributed by atoms with Crippen molar-refractivity contribution in [3.8, 4) is 11.5 Å². The molecule has 0 radical (unpaired) electrons. The molecule has 0 aliphatic carbocycles. The lowest BCUT2D eigenvalue weighted by Crippen LogP contribution is -2.03. The number of aryl methyl sites for hydroxylation is 1. The average molecular weight is 307 g/mol. The summed E-state index contributed by atoms with van der Waals surface area (Å²) in [5.74, 6) is 1.17. The molecule has 2 rings (SSSR count). The van der Waals surface area contributed by atoms with E-state index in [1.165, 1.54) is 11.3 Å². The van der Waals surface area contributed by atoms with Crippen molar-refractivity contribution >= 4 is 17.3 Å². The van der Waals surface area contributed by atoms with Crippen molar-refractivity contribution < 1.29 is 19.0 Å². The Labute approximate surface area is 127 Å². The van der Waals surface area contributed by atoms with E-state index in [2.05, 4.69) is 4.98 Å². The molecule has 0 amide bonds. The number of carbonyl (C=O) groups excluding carboxylic acids is 1. The molecule has 1 aromatic heterocycles. The van der Waals surface area contributed by atoms with Crippen molar-refractivity contribution in [2.24, 2.45) is 0 Å². The van der Waals surface area contributed by atoms with Crippen LogP contribution in [0.3, 0.4) is 0 Å². The first-order chi connectivity index (χ1) is 10.1. The Morgan fingerprint density at radius 1 is 1.24 bits per heavy atom. The Kier molecular flexibility index (Phi) is 5.16. The molecule has 0 spiro atoms. The number of hydrogen-bond acceptors (Lipinski definition) is 6. The van der Waals surface area contributed by atoms with Crippen molar-refractivity contribution in [2.45, 2.75) is 20.5 Å². The quantitative estimate of drug-likeness (QED) is 0.767. The minimum absolute atomic E-state index is 0.317. The Morgan fingerprint density at radius 2 is 1.90 bits per heavy atom. The summed E-state index contributed by atoms with van der Waals surface area (Å²) in [7, 11) is 1.62. The smallest absolute Gasteiger partial charge is 0.350 e. The van der Waals surface area contributed by atoms with E-state index in [4.69, 9.17) is 14.2 Å².